The van der Waals surface area contributed by atoms with Crippen molar-refractivity contribution in [2.45, 2.75) is 5.16 Å². The second-order valence-corrected chi connectivity index (χ2v) is 3.19. The number of nitrogen functional groups attached to an aromatic ring is 1. The Morgan fingerprint density at radius 1 is 1.69 bits per heavy atom. The molecule has 0 fully saturated rings. The summed E-state index contributed by atoms with van der Waals surface area (Å²) in [6.07, 6.45) is 0. The number of amides is 1. The molecule has 1 amide bonds. The Balaban J connectivity index is 2.77. The summed E-state index contributed by atoms with van der Waals surface area (Å²) in [5.74, 6) is -0.294. The van der Waals surface area contributed by atoms with Crippen LogP contribution in [0.3, 0.4) is 0 Å². The number of aromatic amines is 1. The molecule has 0 atom stereocenters. The van der Waals surface area contributed by atoms with Crippen LogP contribution in [0.4, 0.5) is 5.82 Å². The summed E-state index contributed by atoms with van der Waals surface area (Å²) in [5.41, 5.74) is 9.86. The molecule has 0 aliphatic rings. The van der Waals surface area contributed by atoms with Gasteiger partial charge in [-0.15, -0.1) is 0 Å². The number of primary amides is 1. The lowest BCUT2D eigenvalue weighted by atomic mass is 10.6. The Bertz CT molecular complexity index is 375. The SMILES string of the molecule is NC(=O)CSc1nc(N)cc(=O)[nH]1. The van der Waals surface area contributed by atoms with E-state index in [1.165, 1.54) is 0 Å². The molecule has 0 spiro atoms. The number of carbonyl (C=O) groups excluding carboxylic acids is 1. The number of hydrogen-bond acceptors (Lipinski definition) is 5. The lowest BCUT2D eigenvalue weighted by molar-refractivity contribution is -0.115. The Morgan fingerprint density at radius 3 is 2.92 bits per heavy atom. The molecule has 0 aliphatic heterocycles. The van der Waals surface area contributed by atoms with Gasteiger partial charge >= 0.3 is 0 Å². The van der Waals surface area contributed by atoms with Crippen molar-refractivity contribution in [1.29, 1.82) is 0 Å². The Labute approximate surface area is 77.7 Å². The highest BCUT2D eigenvalue weighted by Crippen LogP contribution is 2.10. The summed E-state index contributed by atoms with van der Waals surface area (Å²) in [4.78, 5) is 27.4. The van der Waals surface area contributed by atoms with Crippen LogP contribution >= 0.6 is 11.8 Å². The van der Waals surface area contributed by atoms with Crippen molar-refractivity contribution in [3.05, 3.63) is 16.4 Å². The van der Waals surface area contributed by atoms with Gasteiger partial charge in [0.05, 0.1) is 5.75 Å². The second kappa shape index (κ2) is 3.94. The highest BCUT2D eigenvalue weighted by atomic mass is 32.2. The van der Waals surface area contributed by atoms with E-state index in [-0.39, 0.29) is 17.1 Å². The molecule has 1 aromatic heterocycles. The first-order valence-corrected chi connectivity index (χ1v) is 4.34. The largest absolute Gasteiger partial charge is 0.383 e. The molecule has 0 aromatic carbocycles. The number of aromatic nitrogens is 2. The van der Waals surface area contributed by atoms with Crippen LogP contribution in [-0.2, 0) is 4.79 Å². The molecule has 0 saturated heterocycles. The van der Waals surface area contributed by atoms with Crippen LogP contribution in [0.15, 0.2) is 16.0 Å². The van der Waals surface area contributed by atoms with Crippen LogP contribution in [0.25, 0.3) is 0 Å². The average molecular weight is 200 g/mol. The van der Waals surface area contributed by atoms with E-state index < -0.39 is 5.91 Å². The molecule has 7 heteroatoms. The van der Waals surface area contributed by atoms with Gasteiger partial charge < -0.3 is 16.5 Å². The Hall–Kier alpha value is -1.50. The van der Waals surface area contributed by atoms with E-state index >= 15 is 0 Å². The molecule has 5 N–H and O–H groups in total. The van der Waals surface area contributed by atoms with Gasteiger partial charge in [-0.25, -0.2) is 4.98 Å². The molecule has 0 unspecified atom stereocenters. The predicted octanol–water partition coefficient (Wildman–Crippen LogP) is -1.07. The molecule has 70 valence electrons. The summed E-state index contributed by atoms with van der Waals surface area (Å²) < 4.78 is 0. The van der Waals surface area contributed by atoms with Crippen LogP contribution < -0.4 is 17.0 Å². The van der Waals surface area contributed by atoms with Crippen molar-refractivity contribution in [2.75, 3.05) is 11.5 Å². The summed E-state index contributed by atoms with van der Waals surface area (Å²) in [6, 6.07) is 1.16. The fraction of sp³-hybridized carbons (Fsp3) is 0.167. The van der Waals surface area contributed by atoms with Crippen LogP contribution in [-0.4, -0.2) is 21.6 Å². The first-order chi connectivity index (χ1) is 6.08. The van der Waals surface area contributed by atoms with Gasteiger partial charge in [-0.3, -0.25) is 9.59 Å². The number of nitrogens with one attached hydrogen (secondary N) is 1. The standard InChI is InChI=1S/C6H8N4O2S/c7-3-1-5(12)10-6(9-3)13-2-4(8)11/h1H,2H2,(H2,8,11)(H3,7,9,10,12). The minimum Gasteiger partial charge on any atom is -0.383 e. The molecular weight excluding hydrogens is 192 g/mol. The third-order valence-electron chi connectivity index (χ3n) is 1.09. The number of H-pyrrole nitrogens is 1. The van der Waals surface area contributed by atoms with Gasteiger partial charge in [-0.05, 0) is 0 Å². The molecule has 0 aliphatic carbocycles. The van der Waals surface area contributed by atoms with E-state index in [0.29, 0.717) is 5.16 Å². The topological polar surface area (TPSA) is 115 Å². The van der Waals surface area contributed by atoms with Gasteiger partial charge in [-0.1, -0.05) is 11.8 Å². The number of nitrogens with zero attached hydrogens (tertiary/aromatic N) is 1. The second-order valence-electron chi connectivity index (χ2n) is 2.23. The minimum absolute atomic E-state index is 0.0619. The van der Waals surface area contributed by atoms with Gasteiger partial charge in [0.1, 0.15) is 5.82 Å². The van der Waals surface area contributed by atoms with Crippen molar-refractivity contribution < 1.29 is 4.79 Å². The van der Waals surface area contributed by atoms with Gasteiger partial charge in [0.2, 0.25) is 5.91 Å². The van der Waals surface area contributed by atoms with Gasteiger partial charge in [-0.2, -0.15) is 0 Å². The predicted molar refractivity (Wildman–Crippen MR) is 49.2 cm³/mol. The van der Waals surface area contributed by atoms with E-state index in [1.54, 1.807) is 0 Å². The molecule has 0 radical (unpaired) electrons. The molecule has 0 bridgehead atoms. The number of rotatable bonds is 3. The third kappa shape index (κ3) is 3.16. The third-order valence-corrected chi connectivity index (χ3v) is 1.99. The van der Waals surface area contributed by atoms with Crippen molar-refractivity contribution in [3.8, 4) is 0 Å². The number of carbonyl (C=O) groups is 1. The quantitative estimate of drug-likeness (QED) is 0.424. The maximum Gasteiger partial charge on any atom is 0.253 e. The zero-order valence-electron chi connectivity index (χ0n) is 6.61. The van der Waals surface area contributed by atoms with E-state index in [0.717, 1.165) is 17.8 Å². The molecule has 1 rings (SSSR count). The maximum absolute atomic E-state index is 10.9. The zero-order chi connectivity index (χ0) is 9.84. The summed E-state index contributed by atoms with van der Waals surface area (Å²) in [7, 11) is 0. The molecule has 0 saturated carbocycles. The van der Waals surface area contributed by atoms with Gasteiger partial charge in [0, 0.05) is 6.07 Å². The lowest BCUT2D eigenvalue weighted by Crippen LogP contribution is -2.15. The number of hydrogen-bond donors (Lipinski definition) is 3. The van der Waals surface area contributed by atoms with Gasteiger partial charge in [0.15, 0.2) is 5.16 Å². The van der Waals surface area contributed by atoms with Gasteiger partial charge in [0.25, 0.3) is 5.56 Å². The number of anilines is 1. The Kier molecular flexibility index (Phi) is 2.91. The van der Waals surface area contributed by atoms with Crippen LogP contribution in [0.1, 0.15) is 0 Å². The number of thioether (sulfide) groups is 1. The summed E-state index contributed by atoms with van der Waals surface area (Å²) >= 11 is 1.04. The van der Waals surface area contributed by atoms with Crippen molar-refractivity contribution in [2.24, 2.45) is 5.73 Å². The molecule has 6 nitrogen and oxygen atoms in total. The van der Waals surface area contributed by atoms with Crippen molar-refractivity contribution >= 4 is 23.5 Å². The Morgan fingerprint density at radius 2 is 2.38 bits per heavy atom. The monoisotopic (exact) mass is 200 g/mol. The smallest absolute Gasteiger partial charge is 0.253 e. The number of nitrogens with two attached hydrogens (primary N) is 2. The highest BCUT2D eigenvalue weighted by molar-refractivity contribution is 7.99. The normalized spacial score (nSPS) is 9.85. The summed E-state index contributed by atoms with van der Waals surface area (Å²) in [6.45, 7) is 0. The van der Waals surface area contributed by atoms with Crippen LogP contribution in [0.2, 0.25) is 0 Å². The molecule has 13 heavy (non-hydrogen) atoms. The maximum atomic E-state index is 10.9. The van der Waals surface area contributed by atoms with Crippen LogP contribution in [0, 0.1) is 0 Å². The highest BCUT2D eigenvalue weighted by Gasteiger charge is 2.01. The first-order valence-electron chi connectivity index (χ1n) is 3.36. The van der Waals surface area contributed by atoms with E-state index in [9.17, 15) is 9.59 Å². The molecule has 1 heterocycles. The summed E-state index contributed by atoms with van der Waals surface area (Å²) in [5, 5.41) is 0.295. The van der Waals surface area contributed by atoms with Crippen molar-refractivity contribution in [1.82, 2.24) is 9.97 Å². The average Bonchev–Trinajstić information content (AvgIpc) is 1.99. The van der Waals surface area contributed by atoms with E-state index in [2.05, 4.69) is 9.97 Å². The molecular formula is C6H8N4O2S. The fourth-order valence-electron chi connectivity index (χ4n) is 0.661. The first kappa shape index (κ1) is 9.59. The minimum atomic E-state index is -0.477. The van der Waals surface area contributed by atoms with Crippen LogP contribution in [0.5, 0.6) is 0 Å². The fourth-order valence-corrected chi connectivity index (χ4v) is 1.28. The zero-order valence-corrected chi connectivity index (χ0v) is 7.43. The lowest BCUT2D eigenvalue weighted by Gasteiger charge is -1.97. The van der Waals surface area contributed by atoms with E-state index in [1.807, 2.05) is 0 Å². The van der Waals surface area contributed by atoms with Crippen molar-refractivity contribution in [3.63, 3.8) is 0 Å². The van der Waals surface area contributed by atoms with E-state index in [4.69, 9.17) is 11.5 Å². The molecule has 1 aromatic rings.